The van der Waals surface area contributed by atoms with Crippen LogP contribution in [0.2, 0.25) is 0 Å². The summed E-state index contributed by atoms with van der Waals surface area (Å²) in [5, 5.41) is 0. The molecule has 0 aromatic heterocycles. The predicted octanol–water partition coefficient (Wildman–Crippen LogP) is 0.692. The average Bonchev–Trinajstić information content (AvgIpc) is 2.16. The second-order valence-electron chi connectivity index (χ2n) is 4.06. The van der Waals surface area contributed by atoms with Gasteiger partial charge in [-0.15, -0.1) is 0 Å². The molecule has 3 heteroatoms. The summed E-state index contributed by atoms with van der Waals surface area (Å²) in [5.41, 5.74) is 5.70. The topological polar surface area (TPSA) is 38.5 Å². The van der Waals surface area contributed by atoms with Gasteiger partial charge in [-0.3, -0.25) is 4.90 Å². The van der Waals surface area contributed by atoms with Crippen molar-refractivity contribution in [3.8, 4) is 0 Å². The molecule has 0 bridgehead atoms. The smallest absolute Gasteiger partial charge is 0.0630 e. The number of nitrogens with two attached hydrogens (primary N) is 1. The second-order valence-corrected chi connectivity index (χ2v) is 4.06. The summed E-state index contributed by atoms with van der Waals surface area (Å²) in [6.07, 6.45) is 2.61. The molecule has 1 heterocycles. The minimum Gasteiger partial charge on any atom is -0.383 e. The first-order valence-corrected chi connectivity index (χ1v) is 5.21. The monoisotopic (exact) mass is 186 g/mol. The molecule has 1 fully saturated rings. The summed E-state index contributed by atoms with van der Waals surface area (Å²) < 4.78 is 5.15. The molecule has 2 N–H and O–H groups in total. The Bertz CT molecular complexity index is 133. The van der Waals surface area contributed by atoms with E-state index in [0.29, 0.717) is 12.6 Å². The summed E-state index contributed by atoms with van der Waals surface area (Å²) >= 11 is 0. The Kier molecular flexibility index (Phi) is 4.70. The molecule has 3 nitrogen and oxygen atoms in total. The van der Waals surface area contributed by atoms with Gasteiger partial charge in [-0.25, -0.2) is 0 Å². The van der Waals surface area contributed by atoms with Gasteiger partial charge in [-0.1, -0.05) is 6.92 Å². The van der Waals surface area contributed by atoms with E-state index in [1.807, 2.05) is 0 Å². The quantitative estimate of drug-likeness (QED) is 0.702. The molecule has 0 spiro atoms. The Morgan fingerprint density at radius 1 is 1.46 bits per heavy atom. The van der Waals surface area contributed by atoms with E-state index >= 15 is 0 Å². The van der Waals surface area contributed by atoms with Crippen LogP contribution in [0.3, 0.4) is 0 Å². The molecule has 1 unspecified atom stereocenters. The van der Waals surface area contributed by atoms with Crippen LogP contribution in [0, 0.1) is 5.92 Å². The number of rotatable bonds is 4. The number of methoxy groups -OCH3 is 1. The molecule has 1 rings (SSSR count). The molecular formula is C10H22N2O. The first-order chi connectivity index (χ1) is 6.27. The highest BCUT2D eigenvalue weighted by Crippen LogP contribution is 2.17. The van der Waals surface area contributed by atoms with Crippen molar-refractivity contribution in [3.63, 3.8) is 0 Å². The summed E-state index contributed by atoms with van der Waals surface area (Å²) in [6.45, 7) is 6.18. The molecule has 0 radical (unpaired) electrons. The molecule has 1 aliphatic rings. The van der Waals surface area contributed by atoms with E-state index in [1.54, 1.807) is 7.11 Å². The molecular weight excluding hydrogens is 164 g/mol. The SMILES string of the molecule is COCC(CN)N1CCC(C)CC1. The highest BCUT2D eigenvalue weighted by atomic mass is 16.5. The molecule has 0 aromatic rings. The Balaban J connectivity index is 2.32. The second kappa shape index (κ2) is 5.58. The molecule has 0 aliphatic carbocycles. The first kappa shape index (κ1) is 11.0. The fourth-order valence-electron chi connectivity index (χ4n) is 1.91. The van der Waals surface area contributed by atoms with Crippen molar-refractivity contribution in [1.29, 1.82) is 0 Å². The number of nitrogens with zero attached hydrogens (tertiary/aromatic N) is 1. The number of hydrogen-bond acceptors (Lipinski definition) is 3. The summed E-state index contributed by atoms with van der Waals surface area (Å²) in [4.78, 5) is 2.46. The van der Waals surface area contributed by atoms with E-state index < -0.39 is 0 Å². The van der Waals surface area contributed by atoms with E-state index in [9.17, 15) is 0 Å². The Hall–Kier alpha value is -0.120. The van der Waals surface area contributed by atoms with E-state index in [0.717, 1.165) is 12.5 Å². The van der Waals surface area contributed by atoms with Crippen molar-refractivity contribution in [3.05, 3.63) is 0 Å². The van der Waals surface area contributed by atoms with Crippen molar-refractivity contribution in [1.82, 2.24) is 4.90 Å². The van der Waals surface area contributed by atoms with E-state index in [-0.39, 0.29) is 0 Å². The van der Waals surface area contributed by atoms with Crippen LogP contribution in [-0.4, -0.2) is 44.3 Å². The van der Waals surface area contributed by atoms with Gasteiger partial charge in [-0.05, 0) is 31.8 Å². The van der Waals surface area contributed by atoms with Crippen LogP contribution in [0.5, 0.6) is 0 Å². The average molecular weight is 186 g/mol. The number of likely N-dealkylation sites (tertiary alicyclic amines) is 1. The minimum atomic E-state index is 0.428. The van der Waals surface area contributed by atoms with Gasteiger partial charge in [0.25, 0.3) is 0 Å². The van der Waals surface area contributed by atoms with Gasteiger partial charge in [-0.2, -0.15) is 0 Å². The van der Waals surface area contributed by atoms with Crippen molar-refractivity contribution < 1.29 is 4.74 Å². The number of piperidine rings is 1. The summed E-state index contributed by atoms with van der Waals surface area (Å²) in [7, 11) is 1.75. The van der Waals surface area contributed by atoms with Gasteiger partial charge in [0, 0.05) is 19.7 Å². The third-order valence-corrected chi connectivity index (χ3v) is 2.97. The highest BCUT2D eigenvalue weighted by molar-refractivity contribution is 4.77. The highest BCUT2D eigenvalue weighted by Gasteiger charge is 2.21. The van der Waals surface area contributed by atoms with Crippen LogP contribution < -0.4 is 5.73 Å². The van der Waals surface area contributed by atoms with Gasteiger partial charge in [0.05, 0.1) is 6.61 Å². The normalized spacial score (nSPS) is 23.3. The van der Waals surface area contributed by atoms with E-state index in [2.05, 4.69) is 11.8 Å². The van der Waals surface area contributed by atoms with Crippen LogP contribution in [0.25, 0.3) is 0 Å². The van der Waals surface area contributed by atoms with E-state index in [1.165, 1.54) is 25.9 Å². The largest absolute Gasteiger partial charge is 0.383 e. The number of hydrogen-bond donors (Lipinski definition) is 1. The fourth-order valence-corrected chi connectivity index (χ4v) is 1.91. The Morgan fingerprint density at radius 2 is 2.08 bits per heavy atom. The van der Waals surface area contributed by atoms with Crippen molar-refractivity contribution in [2.75, 3.05) is 33.4 Å². The maximum absolute atomic E-state index is 5.70. The Morgan fingerprint density at radius 3 is 2.54 bits per heavy atom. The predicted molar refractivity (Wildman–Crippen MR) is 54.7 cm³/mol. The third-order valence-electron chi connectivity index (χ3n) is 2.97. The zero-order valence-corrected chi connectivity index (χ0v) is 8.83. The lowest BCUT2D eigenvalue weighted by atomic mass is 9.98. The third kappa shape index (κ3) is 3.25. The van der Waals surface area contributed by atoms with Crippen LogP contribution in [-0.2, 0) is 4.74 Å². The summed E-state index contributed by atoms with van der Waals surface area (Å²) in [5.74, 6) is 0.886. The lowest BCUT2D eigenvalue weighted by Crippen LogP contribution is -2.47. The van der Waals surface area contributed by atoms with Crippen molar-refractivity contribution >= 4 is 0 Å². The lowest BCUT2D eigenvalue weighted by Gasteiger charge is -2.35. The molecule has 1 saturated heterocycles. The molecule has 78 valence electrons. The molecule has 1 atom stereocenters. The van der Waals surface area contributed by atoms with Crippen LogP contribution in [0.1, 0.15) is 19.8 Å². The first-order valence-electron chi connectivity index (χ1n) is 5.21. The van der Waals surface area contributed by atoms with Crippen LogP contribution in [0.4, 0.5) is 0 Å². The molecule has 0 amide bonds. The molecule has 0 aromatic carbocycles. The van der Waals surface area contributed by atoms with Gasteiger partial charge < -0.3 is 10.5 Å². The standard InChI is InChI=1S/C10H22N2O/c1-9-3-5-12(6-4-9)10(7-11)8-13-2/h9-10H,3-8,11H2,1-2H3. The van der Waals surface area contributed by atoms with Gasteiger partial charge in [0.1, 0.15) is 0 Å². The lowest BCUT2D eigenvalue weighted by molar-refractivity contribution is 0.0710. The zero-order chi connectivity index (χ0) is 9.68. The van der Waals surface area contributed by atoms with Crippen LogP contribution in [0.15, 0.2) is 0 Å². The minimum absolute atomic E-state index is 0.428. The maximum Gasteiger partial charge on any atom is 0.0630 e. The molecule has 0 saturated carbocycles. The van der Waals surface area contributed by atoms with Gasteiger partial charge in [0.15, 0.2) is 0 Å². The van der Waals surface area contributed by atoms with E-state index in [4.69, 9.17) is 10.5 Å². The van der Waals surface area contributed by atoms with Crippen LogP contribution >= 0.6 is 0 Å². The van der Waals surface area contributed by atoms with Crippen molar-refractivity contribution in [2.24, 2.45) is 11.7 Å². The molecule has 1 aliphatic heterocycles. The fraction of sp³-hybridized carbons (Fsp3) is 1.00. The summed E-state index contributed by atoms with van der Waals surface area (Å²) in [6, 6.07) is 0.428. The van der Waals surface area contributed by atoms with Crippen molar-refractivity contribution in [2.45, 2.75) is 25.8 Å². The number of ether oxygens (including phenoxy) is 1. The zero-order valence-electron chi connectivity index (χ0n) is 8.83. The van der Waals surface area contributed by atoms with Gasteiger partial charge >= 0.3 is 0 Å². The maximum atomic E-state index is 5.70. The van der Waals surface area contributed by atoms with Gasteiger partial charge in [0.2, 0.25) is 0 Å². The molecule has 13 heavy (non-hydrogen) atoms. The Labute approximate surface area is 81.2 Å².